The molecule has 2 rings (SSSR count). The average molecular weight is 262 g/mol. The summed E-state index contributed by atoms with van der Waals surface area (Å²) in [6.45, 7) is 5.59. The highest BCUT2D eigenvalue weighted by Gasteiger charge is 2.16. The molecule has 1 N–H and O–H groups in total. The molecule has 19 heavy (non-hydrogen) atoms. The molecule has 1 heterocycles. The summed E-state index contributed by atoms with van der Waals surface area (Å²) in [6.07, 6.45) is 2.28. The van der Waals surface area contributed by atoms with Crippen molar-refractivity contribution >= 4 is 5.91 Å². The van der Waals surface area contributed by atoms with Gasteiger partial charge in [-0.3, -0.25) is 4.79 Å². The van der Waals surface area contributed by atoms with Gasteiger partial charge in [0.05, 0.1) is 13.2 Å². The van der Waals surface area contributed by atoms with Gasteiger partial charge in [0.2, 0.25) is 5.91 Å². The van der Waals surface area contributed by atoms with Gasteiger partial charge in [0, 0.05) is 19.6 Å². The van der Waals surface area contributed by atoms with Crippen molar-refractivity contribution in [1.29, 1.82) is 0 Å². The second-order valence-electron chi connectivity index (χ2n) is 4.77. The first kappa shape index (κ1) is 13.9. The fourth-order valence-electron chi connectivity index (χ4n) is 2.30. The van der Waals surface area contributed by atoms with Crippen molar-refractivity contribution in [2.75, 3.05) is 26.2 Å². The lowest BCUT2D eigenvalue weighted by Crippen LogP contribution is -2.35. The molecule has 0 saturated carbocycles. The van der Waals surface area contributed by atoms with Gasteiger partial charge in [0.25, 0.3) is 0 Å². The van der Waals surface area contributed by atoms with Crippen molar-refractivity contribution in [2.45, 2.75) is 26.3 Å². The van der Waals surface area contributed by atoms with E-state index in [9.17, 15) is 4.79 Å². The highest BCUT2D eigenvalue weighted by atomic mass is 16.5. The Labute approximate surface area is 114 Å². The highest BCUT2D eigenvalue weighted by Crippen LogP contribution is 2.13. The Morgan fingerprint density at radius 2 is 2.16 bits per heavy atom. The molecular formula is C15H22N2O2. The van der Waals surface area contributed by atoms with Gasteiger partial charge in [0.1, 0.15) is 5.75 Å². The number of amides is 1. The van der Waals surface area contributed by atoms with E-state index in [2.05, 4.69) is 5.32 Å². The van der Waals surface area contributed by atoms with Crippen molar-refractivity contribution in [2.24, 2.45) is 0 Å². The minimum absolute atomic E-state index is 0.207. The van der Waals surface area contributed by atoms with Gasteiger partial charge < -0.3 is 15.0 Å². The third-order valence-corrected chi connectivity index (χ3v) is 3.27. The molecule has 1 aliphatic heterocycles. The van der Waals surface area contributed by atoms with E-state index in [4.69, 9.17) is 4.74 Å². The molecule has 0 atom stereocenters. The lowest BCUT2D eigenvalue weighted by molar-refractivity contribution is -0.129. The topological polar surface area (TPSA) is 41.6 Å². The first-order chi connectivity index (χ1) is 9.29. The first-order valence-electron chi connectivity index (χ1n) is 7.00. The van der Waals surface area contributed by atoms with Crippen LogP contribution in [0.15, 0.2) is 24.3 Å². The SMILES string of the molecule is CCOc1cccc(CNCC(=O)N2CCCC2)c1. The largest absolute Gasteiger partial charge is 0.494 e. The van der Waals surface area contributed by atoms with Crippen LogP contribution in [-0.2, 0) is 11.3 Å². The van der Waals surface area contributed by atoms with Gasteiger partial charge in [-0.05, 0) is 37.5 Å². The molecule has 0 spiro atoms. The van der Waals surface area contributed by atoms with E-state index < -0.39 is 0 Å². The summed E-state index contributed by atoms with van der Waals surface area (Å²) in [5, 5.41) is 3.20. The van der Waals surface area contributed by atoms with Gasteiger partial charge in [-0.25, -0.2) is 0 Å². The molecule has 1 saturated heterocycles. The number of ether oxygens (including phenoxy) is 1. The Morgan fingerprint density at radius 1 is 1.37 bits per heavy atom. The van der Waals surface area contributed by atoms with Gasteiger partial charge in [-0.1, -0.05) is 12.1 Å². The molecule has 0 radical (unpaired) electrons. The molecule has 1 aliphatic rings. The minimum Gasteiger partial charge on any atom is -0.494 e. The van der Waals surface area contributed by atoms with Crippen molar-refractivity contribution in [3.05, 3.63) is 29.8 Å². The third kappa shape index (κ3) is 4.24. The highest BCUT2D eigenvalue weighted by molar-refractivity contribution is 5.78. The lowest BCUT2D eigenvalue weighted by atomic mass is 10.2. The second-order valence-corrected chi connectivity index (χ2v) is 4.77. The number of nitrogens with zero attached hydrogens (tertiary/aromatic N) is 1. The number of rotatable bonds is 6. The Bertz CT molecular complexity index is 414. The average Bonchev–Trinajstić information content (AvgIpc) is 2.93. The smallest absolute Gasteiger partial charge is 0.236 e. The molecule has 0 aliphatic carbocycles. The van der Waals surface area contributed by atoms with E-state index in [1.54, 1.807) is 0 Å². The number of likely N-dealkylation sites (tertiary alicyclic amines) is 1. The Hall–Kier alpha value is -1.55. The van der Waals surface area contributed by atoms with Crippen LogP contribution >= 0.6 is 0 Å². The monoisotopic (exact) mass is 262 g/mol. The summed E-state index contributed by atoms with van der Waals surface area (Å²) >= 11 is 0. The van der Waals surface area contributed by atoms with Crippen molar-refractivity contribution in [1.82, 2.24) is 10.2 Å². The molecular weight excluding hydrogens is 240 g/mol. The van der Waals surface area contributed by atoms with Crippen LogP contribution in [0.25, 0.3) is 0 Å². The lowest BCUT2D eigenvalue weighted by Gasteiger charge is -2.15. The quantitative estimate of drug-likeness (QED) is 0.850. The van der Waals surface area contributed by atoms with Gasteiger partial charge in [-0.15, -0.1) is 0 Å². The summed E-state index contributed by atoms with van der Waals surface area (Å²) in [4.78, 5) is 13.8. The summed E-state index contributed by atoms with van der Waals surface area (Å²) in [5.74, 6) is 1.09. The fourth-order valence-corrected chi connectivity index (χ4v) is 2.30. The zero-order valence-electron chi connectivity index (χ0n) is 11.5. The van der Waals surface area contributed by atoms with Crippen LogP contribution in [0.5, 0.6) is 5.75 Å². The zero-order valence-corrected chi connectivity index (χ0v) is 11.5. The Balaban J connectivity index is 1.75. The van der Waals surface area contributed by atoms with E-state index in [1.807, 2.05) is 36.1 Å². The number of carbonyl (C=O) groups excluding carboxylic acids is 1. The molecule has 1 aromatic rings. The summed E-state index contributed by atoms with van der Waals surface area (Å²) in [7, 11) is 0. The van der Waals surface area contributed by atoms with Crippen LogP contribution in [0.4, 0.5) is 0 Å². The Kier molecular flexibility index (Phi) is 5.21. The molecule has 104 valence electrons. The van der Waals surface area contributed by atoms with Crippen LogP contribution in [0.3, 0.4) is 0 Å². The predicted molar refractivity (Wildman–Crippen MR) is 75.1 cm³/mol. The molecule has 1 aromatic carbocycles. The predicted octanol–water partition coefficient (Wildman–Crippen LogP) is 1.80. The minimum atomic E-state index is 0.207. The zero-order chi connectivity index (χ0) is 13.5. The molecule has 0 bridgehead atoms. The maximum absolute atomic E-state index is 11.8. The maximum atomic E-state index is 11.8. The van der Waals surface area contributed by atoms with E-state index in [0.29, 0.717) is 19.7 Å². The Morgan fingerprint density at radius 3 is 2.89 bits per heavy atom. The molecule has 1 amide bonds. The van der Waals surface area contributed by atoms with Crippen LogP contribution in [0.2, 0.25) is 0 Å². The second kappa shape index (κ2) is 7.14. The van der Waals surface area contributed by atoms with Crippen LogP contribution < -0.4 is 10.1 Å². The molecule has 1 fully saturated rings. The summed E-state index contributed by atoms with van der Waals surface area (Å²) in [5.41, 5.74) is 1.14. The normalized spacial score (nSPS) is 14.7. The van der Waals surface area contributed by atoms with Gasteiger partial charge in [0.15, 0.2) is 0 Å². The molecule has 4 heteroatoms. The third-order valence-electron chi connectivity index (χ3n) is 3.27. The van der Waals surface area contributed by atoms with E-state index in [1.165, 1.54) is 0 Å². The van der Waals surface area contributed by atoms with E-state index in [-0.39, 0.29) is 5.91 Å². The standard InChI is InChI=1S/C15H22N2O2/c1-2-19-14-7-5-6-13(10-14)11-16-12-15(18)17-8-3-4-9-17/h5-7,10,16H,2-4,8-9,11-12H2,1H3. The maximum Gasteiger partial charge on any atom is 0.236 e. The molecule has 0 aromatic heterocycles. The van der Waals surface area contributed by atoms with E-state index in [0.717, 1.165) is 37.2 Å². The first-order valence-corrected chi connectivity index (χ1v) is 7.00. The molecule has 4 nitrogen and oxygen atoms in total. The van der Waals surface area contributed by atoms with Gasteiger partial charge >= 0.3 is 0 Å². The van der Waals surface area contributed by atoms with Crippen LogP contribution in [0.1, 0.15) is 25.3 Å². The number of hydrogen-bond acceptors (Lipinski definition) is 3. The van der Waals surface area contributed by atoms with Crippen molar-refractivity contribution in [3.8, 4) is 5.75 Å². The summed E-state index contributed by atoms with van der Waals surface area (Å²) in [6, 6.07) is 7.97. The number of benzene rings is 1. The van der Waals surface area contributed by atoms with Crippen molar-refractivity contribution < 1.29 is 9.53 Å². The fraction of sp³-hybridized carbons (Fsp3) is 0.533. The van der Waals surface area contributed by atoms with E-state index >= 15 is 0 Å². The number of nitrogens with one attached hydrogen (secondary N) is 1. The van der Waals surface area contributed by atoms with Gasteiger partial charge in [-0.2, -0.15) is 0 Å². The summed E-state index contributed by atoms with van der Waals surface area (Å²) < 4.78 is 5.45. The molecule has 0 unspecified atom stereocenters. The number of hydrogen-bond donors (Lipinski definition) is 1. The van der Waals surface area contributed by atoms with Crippen LogP contribution in [-0.4, -0.2) is 37.0 Å². The van der Waals surface area contributed by atoms with Crippen LogP contribution in [0, 0.1) is 0 Å². The number of carbonyl (C=O) groups is 1. The van der Waals surface area contributed by atoms with Crippen molar-refractivity contribution in [3.63, 3.8) is 0 Å².